The molecular formula is C19H24ClNO5S. The molecule has 1 aromatic carbocycles. The lowest BCUT2D eigenvalue weighted by Crippen LogP contribution is -2.68. The van der Waals surface area contributed by atoms with E-state index in [1.165, 1.54) is 4.90 Å². The summed E-state index contributed by atoms with van der Waals surface area (Å²) in [7, 11) is -1.54. The van der Waals surface area contributed by atoms with Crippen LogP contribution in [0, 0.1) is 5.92 Å². The zero-order valence-corrected chi connectivity index (χ0v) is 17.1. The molecule has 8 heteroatoms. The number of hydrogen-bond donors (Lipinski definition) is 1. The number of β-lactam (4-membered cyclic amide) rings is 1. The number of esters is 1. The molecule has 0 saturated carbocycles. The van der Waals surface area contributed by atoms with E-state index in [0.717, 1.165) is 5.56 Å². The van der Waals surface area contributed by atoms with Crippen LogP contribution in [-0.4, -0.2) is 53.7 Å². The number of nitrogens with zero attached hydrogens (tertiary/aromatic N) is 1. The average molecular weight is 414 g/mol. The summed E-state index contributed by atoms with van der Waals surface area (Å²) in [6.07, 6.45) is 0.181. The molecule has 1 aromatic rings. The Hall–Kier alpha value is -1.44. The van der Waals surface area contributed by atoms with Crippen molar-refractivity contribution in [3.63, 3.8) is 0 Å². The van der Waals surface area contributed by atoms with Crippen LogP contribution in [0.3, 0.4) is 0 Å². The molecule has 27 heavy (non-hydrogen) atoms. The number of amides is 1. The molecule has 3 unspecified atom stereocenters. The average Bonchev–Trinajstić information content (AvgIpc) is 2.88. The number of hydrogen-bond acceptors (Lipinski definition) is 5. The molecule has 2 aliphatic rings. The number of carbonyl (C=O) groups excluding carboxylic acids is 2. The van der Waals surface area contributed by atoms with Gasteiger partial charge in [0.05, 0.1) is 11.5 Å². The van der Waals surface area contributed by atoms with E-state index >= 15 is 0 Å². The van der Waals surface area contributed by atoms with Crippen LogP contribution >= 0.6 is 11.6 Å². The Morgan fingerprint density at radius 1 is 1.41 bits per heavy atom. The monoisotopic (exact) mass is 413 g/mol. The molecule has 5 atom stereocenters. The maximum Gasteiger partial charge on any atom is 0.332 e. The summed E-state index contributed by atoms with van der Waals surface area (Å²) in [6, 6.07) is 7.61. The molecule has 148 valence electrons. The highest BCUT2D eigenvalue weighted by atomic mass is 35.5. The minimum Gasteiger partial charge on any atom is -0.459 e. The van der Waals surface area contributed by atoms with Crippen molar-refractivity contribution < 1.29 is 23.6 Å². The number of carbonyl (C=O) groups is 2. The summed E-state index contributed by atoms with van der Waals surface area (Å²) < 4.78 is 16.7. The molecule has 0 aromatic heterocycles. The number of fused-ring (bicyclic) bond motifs is 1. The van der Waals surface area contributed by atoms with Crippen LogP contribution in [0.5, 0.6) is 0 Å². The Bertz CT molecular complexity index is 765. The van der Waals surface area contributed by atoms with Gasteiger partial charge in [-0.15, -0.1) is 11.6 Å². The molecule has 0 bridgehead atoms. The molecule has 2 heterocycles. The third-order valence-electron chi connectivity index (χ3n) is 5.29. The van der Waals surface area contributed by atoms with Gasteiger partial charge in [-0.05, 0) is 19.4 Å². The molecule has 2 aliphatic heterocycles. The third-order valence-corrected chi connectivity index (χ3v) is 7.83. The van der Waals surface area contributed by atoms with Gasteiger partial charge in [0.15, 0.2) is 10.2 Å². The van der Waals surface area contributed by atoms with Gasteiger partial charge in [0.1, 0.15) is 6.61 Å². The van der Waals surface area contributed by atoms with Gasteiger partial charge in [-0.2, -0.15) is 0 Å². The van der Waals surface area contributed by atoms with Gasteiger partial charge in [-0.1, -0.05) is 37.3 Å². The third kappa shape index (κ3) is 3.41. The van der Waals surface area contributed by atoms with Crippen LogP contribution in [0.2, 0.25) is 0 Å². The summed E-state index contributed by atoms with van der Waals surface area (Å²) in [4.78, 5) is 26.9. The Morgan fingerprint density at radius 3 is 2.59 bits per heavy atom. The number of aliphatic hydroxyl groups is 1. The fraction of sp³-hybridized carbons (Fsp3) is 0.579. The highest BCUT2D eigenvalue weighted by Gasteiger charge is 2.70. The topological polar surface area (TPSA) is 83.9 Å². The molecule has 1 N–H and O–H groups in total. The number of rotatable bonds is 6. The molecule has 6 nitrogen and oxygen atoms in total. The van der Waals surface area contributed by atoms with Gasteiger partial charge >= 0.3 is 5.97 Å². The van der Waals surface area contributed by atoms with Gasteiger partial charge in [0, 0.05) is 29.0 Å². The van der Waals surface area contributed by atoms with Crippen molar-refractivity contribution in [1.82, 2.24) is 4.90 Å². The second kappa shape index (κ2) is 7.18. The zero-order chi connectivity index (χ0) is 20.0. The first-order chi connectivity index (χ1) is 12.6. The number of alkyl halides is 1. The Kier molecular flexibility index (Phi) is 5.40. The lowest BCUT2D eigenvalue weighted by Gasteiger charge is -2.49. The van der Waals surface area contributed by atoms with Crippen molar-refractivity contribution in [2.24, 2.45) is 5.92 Å². The van der Waals surface area contributed by atoms with E-state index in [1.807, 2.05) is 30.3 Å². The second-order valence-electron chi connectivity index (χ2n) is 7.56. The van der Waals surface area contributed by atoms with E-state index in [-0.39, 0.29) is 24.7 Å². The standard InChI is InChI=1S/C19H24ClNO5S/c1-4-27(25)19(20)10-13-14(18(2,3)24)16(22)21(13)15(19)17(23)26-11-12-8-6-5-7-9-12/h5-9,13-15,24H,4,10-11H2,1-3H3/t13-,14-,15?,19?,27?/m0/s1. The minimum absolute atomic E-state index is 0.0452. The molecule has 2 saturated heterocycles. The fourth-order valence-corrected chi connectivity index (χ4v) is 6.01. The van der Waals surface area contributed by atoms with E-state index in [0.29, 0.717) is 0 Å². The Labute approximate surface area is 166 Å². The highest BCUT2D eigenvalue weighted by Crippen LogP contribution is 2.52. The first-order valence-corrected chi connectivity index (χ1v) is 10.6. The van der Waals surface area contributed by atoms with E-state index in [2.05, 4.69) is 0 Å². The maximum absolute atomic E-state index is 12.8. The van der Waals surface area contributed by atoms with Crippen molar-refractivity contribution in [2.75, 3.05) is 5.75 Å². The van der Waals surface area contributed by atoms with Crippen molar-refractivity contribution in [3.05, 3.63) is 35.9 Å². The first kappa shape index (κ1) is 20.3. The number of ether oxygens (including phenoxy) is 1. The Balaban J connectivity index is 1.85. The SMILES string of the molecule is CCS(=O)C1(Cl)C[C@H]2[C@H](C(C)(C)O)C(=O)N2C1C(=O)OCc1ccccc1. The molecular weight excluding hydrogens is 390 g/mol. The second-order valence-corrected chi connectivity index (χ2v) is 10.5. The van der Waals surface area contributed by atoms with Crippen molar-refractivity contribution in [3.8, 4) is 0 Å². The van der Waals surface area contributed by atoms with Gasteiger partial charge in [-0.3, -0.25) is 9.00 Å². The summed E-state index contributed by atoms with van der Waals surface area (Å²) in [6.45, 7) is 4.88. The van der Waals surface area contributed by atoms with Crippen molar-refractivity contribution in [2.45, 2.75) is 55.7 Å². The molecule has 2 fully saturated rings. The quantitative estimate of drug-likeness (QED) is 0.437. The minimum atomic E-state index is -1.54. The lowest BCUT2D eigenvalue weighted by atomic mass is 9.76. The molecule has 1 amide bonds. The van der Waals surface area contributed by atoms with E-state index in [4.69, 9.17) is 16.3 Å². The van der Waals surface area contributed by atoms with E-state index < -0.39 is 44.6 Å². The summed E-state index contributed by atoms with van der Waals surface area (Å²) in [5.74, 6) is -1.43. The predicted octanol–water partition coefficient (Wildman–Crippen LogP) is 1.80. The largest absolute Gasteiger partial charge is 0.459 e. The van der Waals surface area contributed by atoms with Crippen LogP contribution in [0.4, 0.5) is 0 Å². The first-order valence-electron chi connectivity index (χ1n) is 8.93. The molecule has 0 radical (unpaired) electrons. The summed E-state index contributed by atoms with van der Waals surface area (Å²) >= 11 is 6.70. The van der Waals surface area contributed by atoms with Crippen LogP contribution in [-0.2, 0) is 31.7 Å². The highest BCUT2D eigenvalue weighted by molar-refractivity contribution is 7.88. The normalized spacial score (nSPS) is 31.2. The summed E-state index contributed by atoms with van der Waals surface area (Å²) in [5.41, 5.74) is -0.437. The van der Waals surface area contributed by atoms with Gasteiger partial charge < -0.3 is 14.7 Å². The number of halogens is 1. The molecule has 0 aliphatic carbocycles. The van der Waals surface area contributed by atoms with Crippen LogP contribution in [0.1, 0.15) is 32.8 Å². The van der Waals surface area contributed by atoms with Gasteiger partial charge in [-0.25, -0.2) is 4.79 Å². The van der Waals surface area contributed by atoms with E-state index in [9.17, 15) is 18.9 Å². The molecule has 3 rings (SSSR count). The van der Waals surface area contributed by atoms with Gasteiger partial charge in [0.2, 0.25) is 5.91 Å². The van der Waals surface area contributed by atoms with Crippen LogP contribution in [0.15, 0.2) is 30.3 Å². The van der Waals surface area contributed by atoms with Crippen LogP contribution < -0.4 is 0 Å². The smallest absolute Gasteiger partial charge is 0.332 e. The van der Waals surface area contributed by atoms with Gasteiger partial charge in [0.25, 0.3) is 0 Å². The van der Waals surface area contributed by atoms with Crippen molar-refractivity contribution in [1.29, 1.82) is 0 Å². The van der Waals surface area contributed by atoms with E-state index in [1.54, 1.807) is 20.8 Å². The predicted molar refractivity (Wildman–Crippen MR) is 102 cm³/mol. The lowest BCUT2D eigenvalue weighted by molar-refractivity contribution is -0.179. The fourth-order valence-electron chi connectivity index (χ4n) is 4.03. The summed E-state index contributed by atoms with van der Waals surface area (Å²) in [5, 5.41) is 10.3. The van der Waals surface area contributed by atoms with Crippen molar-refractivity contribution >= 4 is 34.3 Å². The van der Waals surface area contributed by atoms with Crippen LogP contribution in [0.25, 0.3) is 0 Å². The zero-order valence-electron chi connectivity index (χ0n) is 15.6. The Morgan fingerprint density at radius 2 is 2.04 bits per heavy atom. The molecule has 0 spiro atoms. The maximum atomic E-state index is 12.8. The number of benzene rings is 1.